The van der Waals surface area contributed by atoms with Crippen LogP contribution in [0.4, 0.5) is 0 Å². The van der Waals surface area contributed by atoms with Gasteiger partial charge in [0.25, 0.3) is 0 Å². The zero-order valence-corrected chi connectivity index (χ0v) is 30.6. The van der Waals surface area contributed by atoms with E-state index >= 15 is 0 Å². The zero-order valence-electron chi connectivity index (χ0n) is 30.6. The quantitative estimate of drug-likeness (QED) is 0.215. The predicted octanol–water partition coefficient (Wildman–Crippen LogP) is 2.12. The average Bonchev–Trinajstić information content (AvgIpc) is 3.00. The Morgan fingerprint density at radius 2 is 1.67 bits per heavy atom. The number of ether oxygens (including phenoxy) is 6. The Balaban J connectivity index is 1.94. The zero-order chi connectivity index (χ0) is 36.6. The molecule has 0 aromatic heterocycles. The maximum Gasteiger partial charge on any atom is 0.308 e. The number of hydrogen-bond acceptors (Lipinski definition) is 13. The standard InChI is InChI=1S/C36H61NO12/c1-20-17-24(15-16-38)32(33(44-9)26(40)18-27(41)45-21(2)13-11-10-12-14-25(20)39)49-35-30(42)29(37(7)8)31(22(3)47-35)48-28-19-36(5,6)34(43)23(4)46-28/h10-12,14,16,20-26,28-35,39-40,42-43H,13,15,17-19H2,1-9H3/t20-,21-,22-,23-,24+,25+,26-,28-,29-,30-,31-,32+,33?,34-,35+/m1/s1. The molecular weight excluding hydrogens is 638 g/mol. The van der Waals surface area contributed by atoms with Crippen LogP contribution in [0, 0.1) is 17.3 Å². The highest BCUT2D eigenvalue weighted by Gasteiger charge is 2.51. The van der Waals surface area contributed by atoms with Crippen LogP contribution < -0.4 is 0 Å². The molecule has 282 valence electrons. The summed E-state index contributed by atoms with van der Waals surface area (Å²) in [5.41, 5.74) is -0.464. The van der Waals surface area contributed by atoms with Gasteiger partial charge in [0.1, 0.15) is 30.7 Å². The third kappa shape index (κ3) is 11.1. The lowest BCUT2D eigenvalue weighted by Crippen LogP contribution is -2.65. The molecule has 15 atom stereocenters. The number of methoxy groups -OCH3 is 1. The minimum Gasteiger partial charge on any atom is -0.462 e. The van der Waals surface area contributed by atoms with Gasteiger partial charge in [-0.2, -0.15) is 0 Å². The lowest BCUT2D eigenvalue weighted by molar-refractivity contribution is -0.340. The fourth-order valence-electron chi connectivity index (χ4n) is 7.26. The molecule has 1 unspecified atom stereocenters. The van der Waals surface area contributed by atoms with Gasteiger partial charge in [0.2, 0.25) is 0 Å². The SMILES string of the molecule is COC1[C@H](O)CC(=O)O[C@H](C)CC=CC=C[C@H](O)[C@H](C)C[C@H](CC=O)[C@@H]1O[C@@H]1O[C@H](C)[C@@H](O[C@@H]2CC(C)(C)[C@H](O)[C@@H](C)O2)[C@H](N(C)C)[C@H]1O. The molecule has 3 heterocycles. The second-order valence-electron chi connectivity index (χ2n) is 15.0. The van der Waals surface area contributed by atoms with E-state index in [0.29, 0.717) is 12.8 Å². The van der Waals surface area contributed by atoms with Gasteiger partial charge in [0, 0.05) is 26.4 Å². The number of carbonyl (C=O) groups is 2. The number of cyclic esters (lactones) is 1. The summed E-state index contributed by atoms with van der Waals surface area (Å²) in [4.78, 5) is 26.7. The fourth-order valence-corrected chi connectivity index (χ4v) is 7.26. The molecule has 49 heavy (non-hydrogen) atoms. The molecule has 13 nitrogen and oxygen atoms in total. The normalized spacial score (nSPS) is 42.9. The molecule has 13 heteroatoms. The van der Waals surface area contributed by atoms with Crippen molar-refractivity contribution in [1.29, 1.82) is 0 Å². The number of rotatable bonds is 8. The molecule has 0 bridgehead atoms. The van der Waals surface area contributed by atoms with Crippen molar-refractivity contribution < 1.29 is 58.4 Å². The Kier molecular flexibility index (Phi) is 15.8. The molecule has 0 saturated carbocycles. The number of aliphatic hydroxyl groups is 4. The Morgan fingerprint density at radius 1 is 0.980 bits per heavy atom. The molecule has 3 aliphatic rings. The second kappa shape index (κ2) is 18.6. The lowest BCUT2D eigenvalue weighted by atomic mass is 9.78. The summed E-state index contributed by atoms with van der Waals surface area (Å²) in [6, 6.07) is -0.639. The molecule has 3 aliphatic heterocycles. The van der Waals surface area contributed by atoms with Crippen LogP contribution in [0.2, 0.25) is 0 Å². The van der Waals surface area contributed by atoms with Gasteiger partial charge in [0.05, 0.1) is 49.1 Å². The van der Waals surface area contributed by atoms with Crippen LogP contribution in [0.15, 0.2) is 24.3 Å². The number of carbonyl (C=O) groups excluding carboxylic acids is 2. The number of likely N-dealkylation sites (N-methyl/N-ethyl adjacent to an activating group) is 1. The fraction of sp³-hybridized carbons (Fsp3) is 0.833. The molecule has 0 aliphatic carbocycles. The molecule has 2 saturated heterocycles. The van der Waals surface area contributed by atoms with Crippen molar-refractivity contribution in [2.24, 2.45) is 17.3 Å². The van der Waals surface area contributed by atoms with Gasteiger partial charge in [-0.05, 0) is 58.5 Å². The molecule has 0 amide bonds. The van der Waals surface area contributed by atoms with Crippen molar-refractivity contribution in [2.75, 3.05) is 21.2 Å². The van der Waals surface area contributed by atoms with Crippen LogP contribution in [0.3, 0.4) is 0 Å². The van der Waals surface area contributed by atoms with Crippen LogP contribution in [-0.4, -0.2) is 138 Å². The highest BCUT2D eigenvalue weighted by Crippen LogP contribution is 2.39. The number of esters is 1. The summed E-state index contributed by atoms with van der Waals surface area (Å²) in [7, 11) is 4.98. The molecule has 3 rings (SSSR count). The summed E-state index contributed by atoms with van der Waals surface area (Å²) in [5, 5.41) is 44.8. The molecule has 0 radical (unpaired) electrons. The molecule has 0 spiro atoms. The van der Waals surface area contributed by atoms with Crippen LogP contribution in [0.25, 0.3) is 0 Å². The monoisotopic (exact) mass is 699 g/mol. The first kappa shape index (κ1) is 41.6. The van der Waals surface area contributed by atoms with Crippen LogP contribution in [-0.2, 0) is 38.0 Å². The van der Waals surface area contributed by atoms with E-state index in [9.17, 15) is 30.0 Å². The number of aliphatic hydroxyl groups excluding tert-OH is 4. The Hall–Kier alpha value is -1.78. The van der Waals surface area contributed by atoms with E-state index in [1.807, 2.05) is 31.7 Å². The van der Waals surface area contributed by atoms with Gasteiger partial charge < -0.3 is 58.5 Å². The predicted molar refractivity (Wildman–Crippen MR) is 180 cm³/mol. The molecule has 0 aromatic carbocycles. The third-order valence-electron chi connectivity index (χ3n) is 10.1. The van der Waals surface area contributed by atoms with Crippen molar-refractivity contribution in [3.8, 4) is 0 Å². The maximum atomic E-state index is 12.8. The number of aldehydes is 1. The summed E-state index contributed by atoms with van der Waals surface area (Å²) in [5.74, 6) is -1.58. The van der Waals surface area contributed by atoms with Crippen molar-refractivity contribution >= 4 is 12.3 Å². The van der Waals surface area contributed by atoms with Crippen molar-refractivity contribution in [2.45, 2.75) is 153 Å². The average molecular weight is 700 g/mol. The first-order chi connectivity index (χ1) is 23.0. The summed E-state index contributed by atoms with van der Waals surface area (Å²) >= 11 is 0. The highest BCUT2D eigenvalue weighted by atomic mass is 16.7. The van der Waals surface area contributed by atoms with E-state index in [1.165, 1.54) is 7.11 Å². The van der Waals surface area contributed by atoms with Gasteiger partial charge in [-0.25, -0.2) is 0 Å². The smallest absolute Gasteiger partial charge is 0.308 e. The van der Waals surface area contributed by atoms with E-state index in [4.69, 9.17) is 28.4 Å². The van der Waals surface area contributed by atoms with E-state index in [1.54, 1.807) is 53.1 Å². The van der Waals surface area contributed by atoms with E-state index in [-0.39, 0.29) is 18.8 Å². The second-order valence-corrected chi connectivity index (χ2v) is 15.0. The third-order valence-corrected chi connectivity index (χ3v) is 10.1. The molecule has 4 N–H and O–H groups in total. The van der Waals surface area contributed by atoms with Crippen LogP contribution in [0.1, 0.15) is 73.6 Å². The molecule has 0 aromatic rings. The van der Waals surface area contributed by atoms with E-state index in [2.05, 4.69) is 0 Å². The van der Waals surface area contributed by atoms with Gasteiger partial charge in [-0.3, -0.25) is 4.79 Å². The Morgan fingerprint density at radius 3 is 2.29 bits per heavy atom. The number of nitrogens with zero attached hydrogens (tertiary/aromatic N) is 1. The highest BCUT2D eigenvalue weighted by molar-refractivity contribution is 5.70. The van der Waals surface area contributed by atoms with E-state index < -0.39 is 103 Å². The van der Waals surface area contributed by atoms with E-state index in [0.717, 1.165) is 6.29 Å². The van der Waals surface area contributed by atoms with Crippen molar-refractivity contribution in [3.63, 3.8) is 0 Å². The maximum absolute atomic E-state index is 12.8. The van der Waals surface area contributed by atoms with Crippen molar-refractivity contribution in [1.82, 2.24) is 4.90 Å². The van der Waals surface area contributed by atoms with Crippen LogP contribution >= 0.6 is 0 Å². The Bertz CT molecular complexity index is 1100. The summed E-state index contributed by atoms with van der Waals surface area (Å²) in [6.45, 7) is 11.1. The van der Waals surface area contributed by atoms with Gasteiger partial charge in [0.15, 0.2) is 12.6 Å². The summed E-state index contributed by atoms with van der Waals surface area (Å²) < 4.78 is 36.6. The van der Waals surface area contributed by atoms with Gasteiger partial charge in [-0.15, -0.1) is 0 Å². The first-order valence-electron chi connectivity index (χ1n) is 17.5. The number of hydrogen-bond donors (Lipinski definition) is 4. The largest absolute Gasteiger partial charge is 0.462 e. The minimum atomic E-state index is -1.39. The summed E-state index contributed by atoms with van der Waals surface area (Å²) in [6.07, 6.45) is -2.04. The topological polar surface area (TPSA) is 174 Å². The van der Waals surface area contributed by atoms with Crippen molar-refractivity contribution in [3.05, 3.63) is 24.3 Å². The van der Waals surface area contributed by atoms with Gasteiger partial charge in [-0.1, -0.05) is 45.1 Å². The van der Waals surface area contributed by atoms with Gasteiger partial charge >= 0.3 is 5.97 Å². The first-order valence-corrected chi connectivity index (χ1v) is 17.5. The molecular formula is C36H61NO12. The Labute approximate surface area is 291 Å². The lowest BCUT2D eigenvalue weighted by Gasteiger charge is -2.50. The molecule has 2 fully saturated rings. The number of allylic oxidation sites excluding steroid dienone is 2. The van der Waals surface area contributed by atoms with Crippen LogP contribution in [0.5, 0.6) is 0 Å². The minimum absolute atomic E-state index is 0.0144.